The van der Waals surface area contributed by atoms with Crippen molar-refractivity contribution in [3.8, 4) is 11.1 Å². The van der Waals surface area contributed by atoms with Gasteiger partial charge in [0.05, 0.1) is 15.9 Å². The van der Waals surface area contributed by atoms with Crippen LogP contribution in [0.25, 0.3) is 11.1 Å². The number of anilines is 1. The summed E-state index contributed by atoms with van der Waals surface area (Å²) in [6.07, 6.45) is -0.919. The Kier molecular flexibility index (Phi) is 5.92. The zero-order valence-electron chi connectivity index (χ0n) is 15.2. The van der Waals surface area contributed by atoms with E-state index in [0.717, 1.165) is 17.2 Å². The summed E-state index contributed by atoms with van der Waals surface area (Å²) in [5.74, 6) is 0. The SMILES string of the molecule is NS(=O)(=O)c1ccc(NCC(O)c2ccc(-c3ccccc3)cc2)c([N+](=O)[O-])c1. The fraction of sp³-hybridized carbons (Fsp3) is 0.100. The first-order valence-corrected chi connectivity index (χ1v) is 10.2. The van der Waals surface area contributed by atoms with E-state index in [2.05, 4.69) is 5.32 Å². The number of nitro groups is 1. The molecule has 0 aliphatic heterocycles. The highest BCUT2D eigenvalue weighted by atomic mass is 32.2. The Hall–Kier alpha value is -3.27. The van der Waals surface area contributed by atoms with Crippen LogP contribution in [0.1, 0.15) is 11.7 Å². The van der Waals surface area contributed by atoms with Crippen LogP contribution in [0.5, 0.6) is 0 Å². The second-order valence-corrected chi connectivity index (χ2v) is 7.93. The van der Waals surface area contributed by atoms with Crippen LogP contribution in [0.2, 0.25) is 0 Å². The topological polar surface area (TPSA) is 136 Å². The summed E-state index contributed by atoms with van der Waals surface area (Å²) in [5, 5.41) is 29.5. The molecule has 0 bridgehead atoms. The monoisotopic (exact) mass is 413 g/mol. The summed E-state index contributed by atoms with van der Waals surface area (Å²) in [6.45, 7) is 0.000243. The fourth-order valence-corrected chi connectivity index (χ4v) is 3.38. The van der Waals surface area contributed by atoms with E-state index in [0.29, 0.717) is 5.56 Å². The van der Waals surface area contributed by atoms with E-state index in [4.69, 9.17) is 5.14 Å². The van der Waals surface area contributed by atoms with Crippen molar-refractivity contribution in [3.63, 3.8) is 0 Å². The number of sulfonamides is 1. The Labute approximate surface area is 167 Å². The van der Waals surface area contributed by atoms with E-state index in [9.17, 15) is 23.6 Å². The van der Waals surface area contributed by atoms with Gasteiger partial charge in [0.25, 0.3) is 5.69 Å². The molecule has 1 unspecified atom stereocenters. The highest BCUT2D eigenvalue weighted by Crippen LogP contribution is 2.28. The van der Waals surface area contributed by atoms with Crippen molar-refractivity contribution in [1.82, 2.24) is 0 Å². The maximum atomic E-state index is 11.4. The standard InChI is InChI=1S/C20H19N3O5S/c21-29(27,28)17-10-11-18(19(12-17)23(25)26)22-13-20(24)16-8-6-15(7-9-16)14-4-2-1-3-5-14/h1-12,20,22,24H,13H2,(H2,21,27,28). The number of nitrogens with one attached hydrogen (secondary N) is 1. The van der Waals surface area contributed by atoms with E-state index in [-0.39, 0.29) is 17.1 Å². The lowest BCUT2D eigenvalue weighted by atomic mass is 10.0. The van der Waals surface area contributed by atoms with Crippen LogP contribution in [0, 0.1) is 10.1 Å². The zero-order chi connectivity index (χ0) is 21.0. The number of nitrogens with two attached hydrogens (primary N) is 1. The van der Waals surface area contributed by atoms with Gasteiger partial charge in [0.2, 0.25) is 10.0 Å². The molecular weight excluding hydrogens is 394 g/mol. The van der Waals surface area contributed by atoms with Crippen LogP contribution in [0.3, 0.4) is 0 Å². The minimum absolute atomic E-state index is 0.000243. The van der Waals surface area contributed by atoms with Crippen molar-refractivity contribution in [2.24, 2.45) is 5.14 Å². The van der Waals surface area contributed by atoms with Gasteiger partial charge >= 0.3 is 0 Å². The maximum Gasteiger partial charge on any atom is 0.293 e. The number of rotatable bonds is 7. The lowest BCUT2D eigenvalue weighted by Crippen LogP contribution is -2.15. The number of benzene rings is 3. The van der Waals surface area contributed by atoms with Gasteiger partial charge in [-0.25, -0.2) is 13.6 Å². The molecule has 0 radical (unpaired) electrons. The predicted molar refractivity (Wildman–Crippen MR) is 110 cm³/mol. The fourth-order valence-electron chi connectivity index (χ4n) is 2.84. The van der Waals surface area contributed by atoms with Gasteiger partial charge < -0.3 is 10.4 Å². The lowest BCUT2D eigenvalue weighted by Gasteiger charge is -2.14. The van der Waals surface area contributed by atoms with Gasteiger partial charge in [0.1, 0.15) is 5.69 Å². The lowest BCUT2D eigenvalue weighted by molar-refractivity contribution is -0.384. The molecule has 0 fully saturated rings. The van der Waals surface area contributed by atoms with Gasteiger partial charge in [-0.3, -0.25) is 10.1 Å². The summed E-state index contributed by atoms with van der Waals surface area (Å²) in [7, 11) is -4.06. The van der Waals surface area contributed by atoms with Gasteiger partial charge in [-0.05, 0) is 28.8 Å². The summed E-state index contributed by atoms with van der Waals surface area (Å²) in [6, 6.07) is 20.4. The van der Waals surface area contributed by atoms with Gasteiger partial charge in [0, 0.05) is 12.6 Å². The van der Waals surface area contributed by atoms with E-state index in [1.54, 1.807) is 12.1 Å². The number of hydrogen-bond donors (Lipinski definition) is 3. The zero-order valence-corrected chi connectivity index (χ0v) is 16.0. The van der Waals surface area contributed by atoms with Crippen LogP contribution in [-0.4, -0.2) is 25.0 Å². The molecule has 3 aromatic carbocycles. The molecule has 29 heavy (non-hydrogen) atoms. The number of primary sulfonamides is 1. The summed E-state index contributed by atoms with van der Waals surface area (Å²) in [5.41, 5.74) is 2.34. The molecule has 1 atom stereocenters. The second kappa shape index (κ2) is 8.39. The number of aliphatic hydroxyl groups excluding tert-OH is 1. The summed E-state index contributed by atoms with van der Waals surface area (Å²) >= 11 is 0. The second-order valence-electron chi connectivity index (χ2n) is 6.37. The van der Waals surface area contributed by atoms with Gasteiger partial charge in [-0.1, -0.05) is 54.6 Å². The van der Waals surface area contributed by atoms with Gasteiger partial charge in [-0.2, -0.15) is 0 Å². The molecule has 150 valence electrons. The first-order chi connectivity index (χ1) is 13.8. The molecule has 3 aromatic rings. The molecule has 4 N–H and O–H groups in total. The molecule has 0 heterocycles. The van der Waals surface area contributed by atoms with E-state index in [1.807, 2.05) is 42.5 Å². The number of hydrogen-bond acceptors (Lipinski definition) is 6. The van der Waals surface area contributed by atoms with Gasteiger partial charge in [0.15, 0.2) is 0 Å². The largest absolute Gasteiger partial charge is 0.387 e. The molecule has 0 saturated carbocycles. The average Bonchev–Trinajstić information content (AvgIpc) is 2.72. The van der Waals surface area contributed by atoms with Crippen LogP contribution in [0.15, 0.2) is 77.7 Å². The molecule has 3 rings (SSSR count). The molecule has 8 nitrogen and oxygen atoms in total. The van der Waals surface area contributed by atoms with E-state index < -0.39 is 26.7 Å². The summed E-state index contributed by atoms with van der Waals surface area (Å²) in [4.78, 5) is 10.2. The van der Waals surface area contributed by atoms with Crippen LogP contribution in [-0.2, 0) is 10.0 Å². The van der Waals surface area contributed by atoms with Crippen molar-refractivity contribution in [2.75, 3.05) is 11.9 Å². The Morgan fingerprint density at radius 1 is 1.00 bits per heavy atom. The normalized spacial score (nSPS) is 12.3. The number of nitrogens with zero attached hydrogens (tertiary/aromatic N) is 1. The van der Waals surface area contributed by atoms with Crippen molar-refractivity contribution >= 4 is 21.4 Å². The van der Waals surface area contributed by atoms with Gasteiger partial charge in [-0.15, -0.1) is 0 Å². The Balaban J connectivity index is 1.73. The molecule has 0 amide bonds. The van der Waals surface area contributed by atoms with Crippen LogP contribution >= 0.6 is 0 Å². The Morgan fingerprint density at radius 2 is 1.62 bits per heavy atom. The molecule has 0 spiro atoms. The number of nitro benzene ring substituents is 1. The average molecular weight is 413 g/mol. The molecule has 0 aliphatic rings. The molecule has 0 aromatic heterocycles. The quantitative estimate of drug-likeness (QED) is 0.402. The van der Waals surface area contributed by atoms with Crippen molar-refractivity contribution in [3.05, 3.63) is 88.5 Å². The Morgan fingerprint density at radius 3 is 2.21 bits per heavy atom. The summed E-state index contributed by atoms with van der Waals surface area (Å²) < 4.78 is 22.8. The third-order valence-electron chi connectivity index (χ3n) is 4.38. The molecule has 0 aliphatic carbocycles. The first-order valence-electron chi connectivity index (χ1n) is 8.64. The highest BCUT2D eigenvalue weighted by molar-refractivity contribution is 7.89. The third kappa shape index (κ3) is 4.96. The number of aliphatic hydroxyl groups is 1. The van der Waals surface area contributed by atoms with Crippen LogP contribution in [0.4, 0.5) is 11.4 Å². The maximum absolute atomic E-state index is 11.4. The smallest absolute Gasteiger partial charge is 0.293 e. The van der Waals surface area contributed by atoms with Crippen molar-refractivity contribution in [1.29, 1.82) is 0 Å². The minimum Gasteiger partial charge on any atom is -0.387 e. The highest BCUT2D eigenvalue weighted by Gasteiger charge is 2.19. The predicted octanol–water partition coefficient (Wildman–Crippen LogP) is 3.05. The third-order valence-corrected chi connectivity index (χ3v) is 5.29. The van der Waals surface area contributed by atoms with E-state index in [1.165, 1.54) is 12.1 Å². The molecular formula is C20H19N3O5S. The van der Waals surface area contributed by atoms with Crippen molar-refractivity contribution < 1.29 is 18.4 Å². The molecule has 0 saturated heterocycles. The van der Waals surface area contributed by atoms with Crippen molar-refractivity contribution in [2.45, 2.75) is 11.0 Å². The van der Waals surface area contributed by atoms with E-state index >= 15 is 0 Å². The van der Waals surface area contributed by atoms with Crippen LogP contribution < -0.4 is 10.5 Å². The first kappa shape index (κ1) is 20.5. The minimum atomic E-state index is -4.06. The Bertz CT molecular complexity index is 1120. The molecule has 9 heteroatoms.